The normalized spacial score (nSPS) is 59.2. The molecule has 6 heteroatoms. The fraction of sp³-hybridized carbons (Fsp3) is 0.897. The van der Waals surface area contributed by atoms with Crippen LogP contribution < -0.4 is 0 Å². The minimum Gasteiger partial charge on any atom is -0.443 e. The Kier molecular flexibility index (Phi) is 4.31. The number of carbonyl (C=O) groups excluding carboxylic acids is 3. The van der Waals surface area contributed by atoms with Crippen molar-refractivity contribution in [1.29, 1.82) is 0 Å². The van der Waals surface area contributed by atoms with Crippen molar-refractivity contribution in [3.63, 3.8) is 0 Å². The van der Waals surface area contributed by atoms with Crippen molar-refractivity contribution in [2.45, 2.75) is 110 Å². The third-order valence-electron chi connectivity index (χ3n) is 12.6. The molecule has 0 aromatic rings. The van der Waals surface area contributed by atoms with Crippen molar-refractivity contribution in [3.8, 4) is 0 Å². The average molecular weight is 484 g/mol. The highest BCUT2D eigenvalue weighted by molar-refractivity contribution is 5.93. The zero-order valence-electron chi connectivity index (χ0n) is 22.0. The van der Waals surface area contributed by atoms with E-state index in [9.17, 15) is 14.4 Å². The van der Waals surface area contributed by atoms with Gasteiger partial charge in [0.2, 0.25) is 0 Å². The number of fused-ring (bicyclic) bond motifs is 5. The Morgan fingerprint density at radius 1 is 0.943 bits per heavy atom. The summed E-state index contributed by atoms with van der Waals surface area (Å²) in [5.41, 5.74) is -2.37. The second kappa shape index (κ2) is 6.59. The van der Waals surface area contributed by atoms with Crippen molar-refractivity contribution in [2.24, 2.45) is 45.8 Å². The summed E-state index contributed by atoms with van der Waals surface area (Å²) >= 11 is 0. The molecule has 3 aliphatic carbocycles. The maximum Gasteiger partial charge on any atom is 0.308 e. The second-order valence-corrected chi connectivity index (χ2v) is 14.5. The molecule has 4 bridgehead atoms. The van der Waals surface area contributed by atoms with Gasteiger partial charge >= 0.3 is 5.97 Å². The van der Waals surface area contributed by atoms with Crippen molar-refractivity contribution in [3.05, 3.63) is 0 Å². The summed E-state index contributed by atoms with van der Waals surface area (Å²) in [5, 5.41) is 0. The van der Waals surface area contributed by atoms with E-state index in [1.165, 1.54) is 0 Å². The smallest absolute Gasteiger partial charge is 0.308 e. The van der Waals surface area contributed by atoms with E-state index < -0.39 is 11.1 Å². The lowest BCUT2D eigenvalue weighted by Crippen LogP contribution is -2.82. The van der Waals surface area contributed by atoms with Gasteiger partial charge in [0.05, 0.1) is 12.5 Å². The van der Waals surface area contributed by atoms with Crippen LogP contribution in [-0.4, -0.2) is 46.5 Å². The van der Waals surface area contributed by atoms with Gasteiger partial charge in [-0.05, 0) is 60.7 Å². The summed E-state index contributed by atoms with van der Waals surface area (Å²) in [6.45, 7) is 12.1. The van der Waals surface area contributed by atoms with Crippen LogP contribution in [0.2, 0.25) is 0 Å². The topological polar surface area (TPSA) is 72.9 Å². The van der Waals surface area contributed by atoms with E-state index in [0.29, 0.717) is 37.5 Å². The average Bonchev–Trinajstić information content (AvgIpc) is 3.01. The predicted molar refractivity (Wildman–Crippen MR) is 128 cm³/mol. The zero-order valence-corrected chi connectivity index (χ0v) is 22.0. The number of rotatable bonds is 0. The predicted octanol–water partition coefficient (Wildman–Crippen LogP) is 4.49. The maximum absolute atomic E-state index is 14.1. The lowest BCUT2D eigenvalue weighted by molar-refractivity contribution is -0.379. The first-order valence-electron chi connectivity index (χ1n) is 14.1. The van der Waals surface area contributed by atoms with E-state index >= 15 is 0 Å². The maximum atomic E-state index is 14.1. The molecule has 6 nitrogen and oxygen atoms in total. The van der Waals surface area contributed by atoms with Crippen molar-refractivity contribution in [2.75, 3.05) is 6.54 Å². The highest BCUT2D eigenvalue weighted by Gasteiger charge is 2.82. The van der Waals surface area contributed by atoms with E-state index in [2.05, 4.69) is 39.5 Å². The van der Waals surface area contributed by atoms with E-state index in [1.54, 1.807) is 0 Å². The molecule has 0 amide bonds. The summed E-state index contributed by atoms with van der Waals surface area (Å²) in [7, 11) is 0. The number of hydrogen-bond acceptors (Lipinski definition) is 6. The monoisotopic (exact) mass is 483 g/mol. The number of piperidine rings is 1. The lowest BCUT2D eigenvalue weighted by Gasteiger charge is -2.76. The van der Waals surface area contributed by atoms with Crippen LogP contribution in [0.15, 0.2) is 0 Å². The summed E-state index contributed by atoms with van der Waals surface area (Å²) in [6.07, 6.45) is 6.88. The highest BCUT2D eigenvalue weighted by atomic mass is 16.6. The van der Waals surface area contributed by atoms with Gasteiger partial charge in [0, 0.05) is 43.1 Å². The number of ketones is 2. The number of ether oxygens (including phenoxy) is 2. The summed E-state index contributed by atoms with van der Waals surface area (Å²) in [5.74, 6) is 1.02. The Balaban J connectivity index is 1.44. The van der Waals surface area contributed by atoms with E-state index in [4.69, 9.17) is 9.47 Å². The molecule has 11 atom stereocenters. The highest BCUT2D eigenvalue weighted by Crippen LogP contribution is 2.77. The lowest BCUT2D eigenvalue weighted by atomic mass is 9.34. The van der Waals surface area contributed by atoms with Crippen molar-refractivity contribution < 1.29 is 23.9 Å². The second-order valence-electron chi connectivity index (χ2n) is 14.5. The molecule has 7 fully saturated rings. The molecule has 1 spiro atoms. The first kappa shape index (κ1) is 22.9. The number of nitrogens with zero attached hydrogens (tertiary/aromatic N) is 1. The van der Waals surface area contributed by atoms with Gasteiger partial charge in [-0.3, -0.25) is 14.4 Å². The molecular weight excluding hydrogens is 442 g/mol. The summed E-state index contributed by atoms with van der Waals surface area (Å²) < 4.78 is 13.4. The molecule has 7 aliphatic rings. The Labute approximate surface area is 208 Å². The van der Waals surface area contributed by atoms with Crippen LogP contribution in [0.5, 0.6) is 0 Å². The Morgan fingerprint density at radius 2 is 1.71 bits per heavy atom. The third-order valence-corrected chi connectivity index (χ3v) is 12.6. The molecule has 4 heterocycles. The summed E-state index contributed by atoms with van der Waals surface area (Å²) in [6, 6.07) is 0. The van der Waals surface area contributed by atoms with Crippen LogP contribution in [0.1, 0.15) is 92.4 Å². The van der Waals surface area contributed by atoms with E-state index in [1.807, 2.05) is 0 Å². The SMILES string of the molecule is C[C@@H]1CC(=O)[C@H]2CC(=O)[C@H]3[C@@](C)(C[C@@]45OC(=O)C[C@@]3(C)[C@]4(C)CC[C@]34C[C@@H](C)C[C@H](CN35)O4)[C@@H]2C1. The summed E-state index contributed by atoms with van der Waals surface area (Å²) in [4.78, 5) is 43.2. The largest absolute Gasteiger partial charge is 0.443 e. The Morgan fingerprint density at radius 3 is 2.49 bits per heavy atom. The van der Waals surface area contributed by atoms with Crippen LogP contribution in [-0.2, 0) is 23.9 Å². The van der Waals surface area contributed by atoms with Gasteiger partial charge in [-0.2, -0.15) is 0 Å². The molecule has 7 rings (SSSR count). The molecule has 0 N–H and O–H groups in total. The fourth-order valence-electron chi connectivity index (χ4n) is 11.3. The van der Waals surface area contributed by atoms with Gasteiger partial charge in [-0.1, -0.05) is 34.6 Å². The molecule has 4 saturated heterocycles. The molecular formula is C29H41NO5. The van der Waals surface area contributed by atoms with Crippen LogP contribution in [0.4, 0.5) is 0 Å². The van der Waals surface area contributed by atoms with Gasteiger partial charge in [0.25, 0.3) is 0 Å². The van der Waals surface area contributed by atoms with Crippen LogP contribution >= 0.6 is 0 Å². The van der Waals surface area contributed by atoms with Crippen LogP contribution in [0, 0.1) is 45.8 Å². The van der Waals surface area contributed by atoms with Gasteiger partial charge in [-0.25, -0.2) is 4.90 Å². The molecule has 3 saturated carbocycles. The van der Waals surface area contributed by atoms with Crippen molar-refractivity contribution in [1.82, 2.24) is 4.90 Å². The van der Waals surface area contributed by atoms with Crippen LogP contribution in [0.25, 0.3) is 0 Å². The number of esters is 1. The zero-order chi connectivity index (χ0) is 24.8. The molecule has 0 aromatic heterocycles. The molecule has 0 unspecified atom stereocenters. The first-order valence-corrected chi connectivity index (χ1v) is 14.1. The van der Waals surface area contributed by atoms with Crippen LogP contribution in [0.3, 0.4) is 0 Å². The standard InChI is InChI=1S/C29H41NO5/c1-16-9-20-19(21(31)10-16)11-22(32)24-25(20,3)15-29-27(5,26(24,4)13-23(33)35-29)6-7-28-12-17(2)8-18(34-28)14-30(28)29/h16-20,24H,6-15H2,1-5H3/t16-,17-,18+,19-,20+,24-,25-,26+,27-,28-,29+/m0/s1. The molecule has 35 heavy (non-hydrogen) atoms. The van der Waals surface area contributed by atoms with E-state index in [0.717, 1.165) is 38.6 Å². The minimum absolute atomic E-state index is 0.165. The van der Waals surface area contributed by atoms with Crippen molar-refractivity contribution >= 4 is 17.5 Å². The van der Waals surface area contributed by atoms with E-state index in [-0.39, 0.29) is 57.9 Å². The Hall–Kier alpha value is -1.27. The van der Waals surface area contributed by atoms with Gasteiger partial charge in [-0.15, -0.1) is 0 Å². The molecule has 0 radical (unpaired) electrons. The first-order chi connectivity index (χ1) is 16.4. The molecule has 4 aliphatic heterocycles. The number of hydrogen-bond donors (Lipinski definition) is 0. The minimum atomic E-state index is -0.786. The Bertz CT molecular complexity index is 1040. The fourth-order valence-corrected chi connectivity index (χ4v) is 11.3. The molecule has 192 valence electrons. The molecule has 0 aromatic carbocycles. The number of Topliss-reactive ketones (excluding diaryl/α,β-unsaturated/α-hetero) is 2. The number of carbonyl (C=O) groups is 3. The third kappa shape index (κ3) is 2.48. The van der Waals surface area contributed by atoms with Gasteiger partial charge < -0.3 is 9.47 Å². The van der Waals surface area contributed by atoms with Gasteiger partial charge in [0.15, 0.2) is 5.72 Å². The van der Waals surface area contributed by atoms with Gasteiger partial charge in [0.1, 0.15) is 17.3 Å². The quantitative estimate of drug-likeness (QED) is 0.473.